The van der Waals surface area contributed by atoms with Gasteiger partial charge in [-0.25, -0.2) is 4.39 Å². The van der Waals surface area contributed by atoms with Crippen LogP contribution in [0.5, 0.6) is 5.75 Å². The summed E-state index contributed by atoms with van der Waals surface area (Å²) in [5, 5.41) is 0. The fourth-order valence-electron chi connectivity index (χ4n) is 0.800. The molecule has 0 bridgehead atoms. The maximum Gasteiger partial charge on any atom is 0.136 e. The highest BCUT2D eigenvalue weighted by Crippen LogP contribution is 2.25. The van der Waals surface area contributed by atoms with E-state index in [1.54, 1.807) is 6.07 Å². The fraction of sp³-hybridized carbons (Fsp3) is 0.333. The minimum atomic E-state index is -0.274. The lowest BCUT2D eigenvalue weighted by Gasteiger charge is -2.05. The summed E-state index contributed by atoms with van der Waals surface area (Å²) >= 11 is 3.27. The highest BCUT2D eigenvalue weighted by molar-refractivity contribution is 9.10. The summed E-state index contributed by atoms with van der Waals surface area (Å²) in [6.07, 6.45) is 0.920. The van der Waals surface area contributed by atoms with Crippen LogP contribution in [0.25, 0.3) is 0 Å². The van der Waals surface area contributed by atoms with Crippen molar-refractivity contribution in [1.82, 2.24) is 0 Å². The normalized spacial score (nSPS) is 9.92. The van der Waals surface area contributed by atoms with E-state index in [-0.39, 0.29) is 5.82 Å². The van der Waals surface area contributed by atoms with Crippen molar-refractivity contribution in [2.75, 3.05) is 6.61 Å². The van der Waals surface area contributed by atoms with Crippen molar-refractivity contribution in [3.8, 4) is 5.75 Å². The van der Waals surface area contributed by atoms with Gasteiger partial charge in [0.25, 0.3) is 0 Å². The summed E-state index contributed by atoms with van der Waals surface area (Å²) in [6.45, 7) is 2.62. The van der Waals surface area contributed by atoms with Gasteiger partial charge in [-0.15, -0.1) is 0 Å². The molecular weight excluding hydrogens is 223 g/mol. The Morgan fingerprint density at radius 1 is 1.50 bits per heavy atom. The first-order valence-corrected chi connectivity index (χ1v) is 4.61. The second kappa shape index (κ2) is 4.45. The Kier molecular flexibility index (Phi) is 3.53. The zero-order valence-corrected chi connectivity index (χ0v) is 8.40. The predicted molar refractivity (Wildman–Crippen MR) is 49.9 cm³/mol. The number of hydrogen-bond donors (Lipinski definition) is 0. The third-order valence-electron chi connectivity index (χ3n) is 1.35. The molecule has 1 aromatic carbocycles. The van der Waals surface area contributed by atoms with Crippen LogP contribution in [0.4, 0.5) is 4.39 Å². The van der Waals surface area contributed by atoms with Crippen LogP contribution in [0.3, 0.4) is 0 Å². The number of benzene rings is 1. The van der Waals surface area contributed by atoms with Gasteiger partial charge in [0.15, 0.2) is 0 Å². The lowest BCUT2D eigenvalue weighted by molar-refractivity contribution is 0.314. The summed E-state index contributed by atoms with van der Waals surface area (Å²) in [5.74, 6) is 0.293. The van der Waals surface area contributed by atoms with Gasteiger partial charge in [-0.2, -0.15) is 0 Å². The molecule has 1 aromatic rings. The van der Waals surface area contributed by atoms with Crippen LogP contribution in [0.1, 0.15) is 13.3 Å². The zero-order valence-electron chi connectivity index (χ0n) is 6.81. The molecule has 0 saturated heterocycles. The molecule has 0 aliphatic carbocycles. The molecule has 0 aliphatic rings. The van der Waals surface area contributed by atoms with Crippen molar-refractivity contribution in [3.05, 3.63) is 28.5 Å². The van der Waals surface area contributed by atoms with Gasteiger partial charge in [0.1, 0.15) is 11.6 Å². The van der Waals surface area contributed by atoms with Gasteiger partial charge in [0, 0.05) is 6.07 Å². The van der Waals surface area contributed by atoms with E-state index in [0.29, 0.717) is 12.4 Å². The fourth-order valence-corrected chi connectivity index (χ4v) is 1.16. The Hall–Kier alpha value is -0.570. The van der Waals surface area contributed by atoms with E-state index < -0.39 is 0 Å². The quantitative estimate of drug-likeness (QED) is 0.777. The topological polar surface area (TPSA) is 9.23 Å². The molecular formula is C9H10BrFO. The van der Waals surface area contributed by atoms with Crippen LogP contribution < -0.4 is 4.74 Å². The lowest BCUT2D eigenvalue weighted by Crippen LogP contribution is -1.95. The summed E-state index contributed by atoms with van der Waals surface area (Å²) in [6, 6.07) is 4.41. The van der Waals surface area contributed by atoms with Gasteiger partial charge in [0.2, 0.25) is 0 Å². The molecule has 0 amide bonds. The van der Waals surface area contributed by atoms with Crippen LogP contribution >= 0.6 is 15.9 Å². The van der Waals surface area contributed by atoms with Crippen LogP contribution in [-0.2, 0) is 0 Å². The van der Waals surface area contributed by atoms with E-state index in [9.17, 15) is 4.39 Å². The van der Waals surface area contributed by atoms with Gasteiger partial charge in [-0.05, 0) is 34.5 Å². The molecule has 0 radical (unpaired) electrons. The molecule has 0 atom stereocenters. The molecule has 0 heterocycles. The van der Waals surface area contributed by atoms with E-state index in [2.05, 4.69) is 15.9 Å². The second-order valence-electron chi connectivity index (χ2n) is 2.42. The van der Waals surface area contributed by atoms with Gasteiger partial charge >= 0.3 is 0 Å². The number of rotatable bonds is 3. The summed E-state index contributed by atoms with van der Waals surface area (Å²) in [5.41, 5.74) is 0. The SMILES string of the molecule is CCCOc1cc(F)ccc1Br. The average molecular weight is 233 g/mol. The van der Waals surface area contributed by atoms with Gasteiger partial charge in [-0.3, -0.25) is 0 Å². The van der Waals surface area contributed by atoms with Crippen molar-refractivity contribution < 1.29 is 9.13 Å². The molecule has 0 aromatic heterocycles. The molecule has 66 valence electrons. The van der Waals surface area contributed by atoms with E-state index in [1.807, 2.05) is 6.92 Å². The van der Waals surface area contributed by atoms with Gasteiger partial charge in [0.05, 0.1) is 11.1 Å². The highest BCUT2D eigenvalue weighted by Gasteiger charge is 2.01. The number of hydrogen-bond acceptors (Lipinski definition) is 1. The molecule has 0 spiro atoms. The average Bonchev–Trinajstić information content (AvgIpc) is 2.07. The molecule has 1 nitrogen and oxygen atoms in total. The van der Waals surface area contributed by atoms with Crippen LogP contribution in [0.15, 0.2) is 22.7 Å². The monoisotopic (exact) mass is 232 g/mol. The van der Waals surface area contributed by atoms with Crippen molar-refractivity contribution in [3.63, 3.8) is 0 Å². The summed E-state index contributed by atoms with van der Waals surface area (Å²) < 4.78 is 18.7. The standard InChI is InChI=1S/C9H10BrFO/c1-2-5-12-9-6-7(11)3-4-8(9)10/h3-4,6H,2,5H2,1H3. The Morgan fingerprint density at radius 3 is 2.92 bits per heavy atom. The second-order valence-corrected chi connectivity index (χ2v) is 3.28. The summed E-state index contributed by atoms with van der Waals surface area (Å²) in [7, 11) is 0. The molecule has 0 aliphatic heterocycles. The predicted octanol–water partition coefficient (Wildman–Crippen LogP) is 3.38. The summed E-state index contributed by atoms with van der Waals surface area (Å²) in [4.78, 5) is 0. The molecule has 0 fully saturated rings. The van der Waals surface area contributed by atoms with E-state index in [1.165, 1.54) is 12.1 Å². The number of halogens is 2. The Morgan fingerprint density at radius 2 is 2.25 bits per heavy atom. The van der Waals surface area contributed by atoms with E-state index in [4.69, 9.17) is 4.74 Å². The van der Waals surface area contributed by atoms with Crippen molar-refractivity contribution in [2.45, 2.75) is 13.3 Å². The Balaban J connectivity index is 2.75. The van der Waals surface area contributed by atoms with Crippen LogP contribution in [0, 0.1) is 5.82 Å². The largest absolute Gasteiger partial charge is 0.492 e. The van der Waals surface area contributed by atoms with Gasteiger partial charge in [-0.1, -0.05) is 6.92 Å². The van der Waals surface area contributed by atoms with E-state index in [0.717, 1.165) is 10.9 Å². The molecule has 1 rings (SSSR count). The maximum absolute atomic E-state index is 12.7. The van der Waals surface area contributed by atoms with Crippen molar-refractivity contribution >= 4 is 15.9 Å². The first-order chi connectivity index (χ1) is 5.74. The first-order valence-electron chi connectivity index (χ1n) is 3.82. The van der Waals surface area contributed by atoms with Crippen LogP contribution in [0.2, 0.25) is 0 Å². The molecule has 3 heteroatoms. The third-order valence-corrected chi connectivity index (χ3v) is 2.01. The van der Waals surface area contributed by atoms with E-state index >= 15 is 0 Å². The molecule has 0 saturated carbocycles. The Labute approximate surface area is 79.7 Å². The minimum Gasteiger partial charge on any atom is -0.492 e. The maximum atomic E-state index is 12.7. The van der Waals surface area contributed by atoms with Gasteiger partial charge < -0.3 is 4.74 Å². The lowest BCUT2D eigenvalue weighted by atomic mass is 10.3. The molecule has 0 unspecified atom stereocenters. The molecule has 0 N–H and O–H groups in total. The third kappa shape index (κ3) is 2.48. The highest BCUT2D eigenvalue weighted by atomic mass is 79.9. The van der Waals surface area contributed by atoms with Crippen molar-refractivity contribution in [1.29, 1.82) is 0 Å². The van der Waals surface area contributed by atoms with Crippen LogP contribution in [-0.4, -0.2) is 6.61 Å². The Bertz CT molecular complexity index is 263. The molecule has 12 heavy (non-hydrogen) atoms. The first kappa shape index (κ1) is 9.52. The minimum absolute atomic E-state index is 0.274. The smallest absolute Gasteiger partial charge is 0.136 e. The zero-order chi connectivity index (χ0) is 8.97. The van der Waals surface area contributed by atoms with Crippen molar-refractivity contribution in [2.24, 2.45) is 0 Å². The number of ether oxygens (including phenoxy) is 1.